The van der Waals surface area contributed by atoms with Gasteiger partial charge in [0, 0.05) is 48.2 Å². The highest BCUT2D eigenvalue weighted by atomic mass is 32.3. The summed E-state index contributed by atoms with van der Waals surface area (Å²) in [7, 11) is -5.32. The number of Topliss-reactive ketones (excluding diaryl/α,β-unsaturated/α-hetero) is 2. The Morgan fingerprint density at radius 2 is 1.49 bits per heavy atom. The van der Waals surface area contributed by atoms with Gasteiger partial charge >= 0.3 is 10.4 Å². The fraction of sp³-hybridized carbons (Fsp3) is 0.509. The number of unbranched alkanes of at least 4 members (excludes halogenated alkanes) is 2. The number of aromatic hydroxyl groups is 1. The molecule has 3 aliphatic rings. The van der Waals surface area contributed by atoms with Gasteiger partial charge in [0.05, 0.1) is 49.5 Å². The maximum atomic E-state index is 14.7. The van der Waals surface area contributed by atoms with Crippen LogP contribution in [0, 0.1) is 17.8 Å². The highest BCUT2D eigenvalue weighted by Crippen LogP contribution is 2.39. The Kier molecular flexibility index (Phi) is 22.9. The lowest BCUT2D eigenvalue weighted by atomic mass is 9.84. The van der Waals surface area contributed by atoms with E-state index in [1.807, 2.05) is 24.3 Å². The summed E-state index contributed by atoms with van der Waals surface area (Å²) in [5, 5.41) is 117. The SMILES string of the molecule is CCCCCOc1ccc(-c2cc(-c3ccc(C(=O)N[C@@H]4C[C@H](O)[C@@H](O)NC(=O)[C@H]5C(C[C@H](C)[C@@H]5O)C(=O)[C@H](C(O)C(=O)CN)NC(=O)C([C@@H](O)[C@@H](O)c5ccc(O)c(OS(=O)(=O)O)c5)NC(=O)[C@@H]5CC(O)CN5CC([C@@H](C)O)NC4=O)cc3)no2)cc1. The average Bonchev–Trinajstić information content (AvgIpc) is 1.78. The normalized spacial score (nSPS) is 27.6. The van der Waals surface area contributed by atoms with E-state index in [0.717, 1.165) is 31.4 Å². The van der Waals surface area contributed by atoms with Gasteiger partial charge in [-0.1, -0.05) is 50.0 Å². The molecule has 0 bridgehead atoms. The molecule has 2 aliphatic heterocycles. The number of rotatable bonds is 18. The minimum atomic E-state index is -5.32. The van der Waals surface area contributed by atoms with Gasteiger partial charge < -0.3 is 91.7 Å². The van der Waals surface area contributed by atoms with Crippen LogP contribution < -0.4 is 41.2 Å². The molecule has 2 saturated heterocycles. The predicted molar refractivity (Wildman–Crippen MR) is 305 cm³/mol. The quantitative estimate of drug-likeness (QED) is 0.0354. The summed E-state index contributed by atoms with van der Waals surface area (Å²) in [4.78, 5) is 101. The van der Waals surface area contributed by atoms with E-state index < -0.39 is 198 Å². The standard InChI is InChI=1S/C57H74N8O22S/c1-4-5-6-17-85-33-14-11-29(12-15-33)42-22-35(64-86-42)28-7-9-30(10-8-28)52(76)59-36-21-40(69)55(79)63-56(80)44-34(18-26(2)47(44)71)49(73)45(50(74)41(70)23-58)61-57(81)46(51(75)48(72)31-13-16-39(68)43(19-31)87-88(82,83)84)62-54(78)38-20-32(67)24-65(38)25-37(27(3)66)60-53(36)77/h7-16,19,22,26-27,32,34,36-38,40,44-48,50-51,55,66-69,71-72,74-75,79H,4-6,17-18,20-21,23-25,58H2,1-3H3,(H,59,76)(H,60,77)(H,61,81)(H,62,78)(H,63,80)(H,82,83,84)/t26-,27+,32?,34?,36+,37?,38-,40-,44-,45+,46?,47-,48-,50?,51+,55+/m0/s1. The van der Waals surface area contributed by atoms with Gasteiger partial charge in [0.15, 0.2) is 35.1 Å². The lowest BCUT2D eigenvalue weighted by Gasteiger charge is -2.34. The second kappa shape index (κ2) is 29.6. The van der Waals surface area contributed by atoms with Crippen LogP contribution in [0.25, 0.3) is 22.6 Å². The molecule has 5 amide bonds. The monoisotopic (exact) mass is 1250 g/mol. The summed E-state index contributed by atoms with van der Waals surface area (Å²) >= 11 is 0. The number of amides is 5. The summed E-state index contributed by atoms with van der Waals surface area (Å²) in [5.41, 5.74) is 6.59. The number of nitrogens with one attached hydrogen (secondary N) is 5. The molecule has 7 rings (SSSR count). The van der Waals surface area contributed by atoms with Gasteiger partial charge in [-0.15, -0.1) is 0 Å². The van der Waals surface area contributed by atoms with Gasteiger partial charge in [-0.05, 0) is 86.2 Å². The van der Waals surface area contributed by atoms with E-state index in [2.05, 4.69) is 42.8 Å². The number of nitrogens with zero attached hydrogens (tertiary/aromatic N) is 2. The number of carbonyl (C=O) groups excluding carboxylic acids is 7. The van der Waals surface area contributed by atoms with Crippen LogP contribution in [0.1, 0.15) is 81.3 Å². The number of phenolic OH excluding ortho intramolecular Hbond substituents is 1. The first kappa shape index (κ1) is 68.0. The largest absolute Gasteiger partial charge is 0.504 e. The molecule has 30 nitrogen and oxygen atoms in total. The molecule has 88 heavy (non-hydrogen) atoms. The fourth-order valence-corrected chi connectivity index (χ4v) is 11.2. The van der Waals surface area contributed by atoms with Crippen molar-refractivity contribution in [2.45, 2.75) is 138 Å². The van der Waals surface area contributed by atoms with Gasteiger partial charge in [0.2, 0.25) is 23.6 Å². The van der Waals surface area contributed by atoms with Crippen molar-refractivity contribution in [3.63, 3.8) is 0 Å². The zero-order valence-electron chi connectivity index (χ0n) is 48.0. The van der Waals surface area contributed by atoms with E-state index >= 15 is 0 Å². The maximum absolute atomic E-state index is 14.7. The highest BCUT2D eigenvalue weighted by molar-refractivity contribution is 7.81. The number of aromatic nitrogens is 1. The van der Waals surface area contributed by atoms with E-state index in [1.165, 1.54) is 43.0 Å². The van der Waals surface area contributed by atoms with Crippen LogP contribution in [0.2, 0.25) is 0 Å². The first-order valence-electron chi connectivity index (χ1n) is 28.4. The third-order valence-electron chi connectivity index (χ3n) is 15.8. The summed E-state index contributed by atoms with van der Waals surface area (Å²) in [6.07, 6.45) is -15.3. The molecule has 5 unspecified atom stereocenters. The van der Waals surface area contributed by atoms with Crippen LogP contribution in [0.15, 0.2) is 77.3 Å². The predicted octanol–water partition coefficient (Wildman–Crippen LogP) is -2.78. The van der Waals surface area contributed by atoms with Crippen molar-refractivity contribution in [2.75, 3.05) is 26.2 Å². The first-order chi connectivity index (χ1) is 41.6. The molecule has 17 N–H and O–H groups in total. The minimum Gasteiger partial charge on any atom is -0.504 e. The Balaban J connectivity index is 1.21. The van der Waals surface area contributed by atoms with Crippen LogP contribution in [-0.2, 0) is 39.2 Å². The van der Waals surface area contributed by atoms with E-state index in [1.54, 1.807) is 6.07 Å². The Labute approximate surface area is 504 Å². The van der Waals surface area contributed by atoms with Gasteiger partial charge in [-0.3, -0.25) is 43.0 Å². The molecular formula is C57H74N8O22S. The van der Waals surface area contributed by atoms with E-state index in [9.17, 15) is 92.5 Å². The average molecular weight is 1260 g/mol. The number of hydrogen-bond donors (Lipinski definition) is 16. The number of carbonyl (C=O) groups is 7. The third-order valence-corrected chi connectivity index (χ3v) is 16.2. The molecule has 4 aromatic rings. The number of aliphatic hydroxyl groups excluding tert-OH is 8. The summed E-state index contributed by atoms with van der Waals surface area (Å²) in [5.74, 6) is -14.2. The number of benzene rings is 3. The molecule has 1 saturated carbocycles. The number of ketones is 2. The van der Waals surface area contributed by atoms with Gasteiger partial charge in [0.1, 0.15) is 54.0 Å². The third kappa shape index (κ3) is 16.8. The summed E-state index contributed by atoms with van der Waals surface area (Å²) < 4.78 is 48.2. The van der Waals surface area contributed by atoms with Crippen LogP contribution in [0.5, 0.6) is 17.2 Å². The molecule has 31 heteroatoms. The molecule has 480 valence electrons. The van der Waals surface area contributed by atoms with Crippen LogP contribution >= 0.6 is 0 Å². The Morgan fingerprint density at radius 1 is 0.818 bits per heavy atom. The van der Waals surface area contributed by atoms with E-state index in [-0.39, 0.29) is 12.1 Å². The van der Waals surface area contributed by atoms with Crippen molar-refractivity contribution >= 4 is 51.5 Å². The molecule has 3 heterocycles. The number of phenols is 1. The van der Waals surface area contributed by atoms with Gasteiger partial charge in [-0.2, -0.15) is 8.42 Å². The molecule has 1 aliphatic carbocycles. The lowest BCUT2D eigenvalue weighted by Crippen LogP contribution is -2.63. The number of hydrogen-bond acceptors (Lipinski definition) is 24. The van der Waals surface area contributed by atoms with Gasteiger partial charge in [0.25, 0.3) is 5.91 Å². The van der Waals surface area contributed by atoms with Crippen LogP contribution in [0.4, 0.5) is 0 Å². The van der Waals surface area contributed by atoms with Crippen molar-refractivity contribution in [1.29, 1.82) is 0 Å². The van der Waals surface area contributed by atoms with Gasteiger partial charge in [-0.25, -0.2) is 0 Å². The number of ether oxygens (including phenoxy) is 1. The first-order valence-corrected chi connectivity index (χ1v) is 29.7. The highest BCUT2D eigenvalue weighted by Gasteiger charge is 2.52. The fourth-order valence-electron chi connectivity index (χ4n) is 10.8. The van der Waals surface area contributed by atoms with Crippen molar-refractivity contribution in [3.8, 4) is 39.8 Å². The Hall–Kier alpha value is -7.53. The molecule has 0 radical (unpaired) electrons. The number of nitrogens with two attached hydrogens (primary N) is 1. The Bertz CT molecular complexity index is 3240. The molecule has 1 aromatic heterocycles. The second-order valence-electron chi connectivity index (χ2n) is 22.2. The smallest absolute Gasteiger partial charge is 0.446 e. The van der Waals surface area contributed by atoms with Crippen molar-refractivity contribution in [3.05, 3.63) is 83.9 Å². The molecular weight excluding hydrogens is 1180 g/mol. The van der Waals surface area contributed by atoms with Crippen LogP contribution in [0.3, 0.4) is 0 Å². The zero-order chi connectivity index (χ0) is 64.5. The maximum Gasteiger partial charge on any atom is 0.446 e. The minimum absolute atomic E-state index is 0.0352. The lowest BCUT2D eigenvalue weighted by molar-refractivity contribution is -0.145. The Morgan fingerprint density at radius 3 is 2.14 bits per heavy atom. The molecule has 3 aromatic carbocycles. The van der Waals surface area contributed by atoms with Crippen molar-refractivity contribution in [1.82, 2.24) is 36.6 Å². The van der Waals surface area contributed by atoms with E-state index in [0.29, 0.717) is 41.0 Å². The molecule has 16 atom stereocenters. The van der Waals surface area contributed by atoms with Crippen LogP contribution in [-0.4, -0.2) is 209 Å². The number of fused-ring (bicyclic) bond motifs is 2. The van der Waals surface area contributed by atoms with E-state index in [4.69, 9.17) is 15.0 Å². The summed E-state index contributed by atoms with van der Waals surface area (Å²) in [6.45, 7) is 3.49. The summed E-state index contributed by atoms with van der Waals surface area (Å²) in [6, 6.07) is 7.33. The van der Waals surface area contributed by atoms with Crippen molar-refractivity contribution in [2.24, 2.45) is 23.5 Å². The van der Waals surface area contributed by atoms with Crippen molar-refractivity contribution < 1.29 is 106 Å². The zero-order valence-corrected chi connectivity index (χ0v) is 48.8. The topological polar surface area (TPSA) is 490 Å². The second-order valence-corrected chi connectivity index (χ2v) is 23.3. The molecule has 3 fully saturated rings. The molecule has 0 spiro atoms. The number of aliphatic hydroxyl groups is 8.